The van der Waals surface area contributed by atoms with Gasteiger partial charge in [-0.25, -0.2) is 0 Å². The molecule has 0 rings (SSSR count). The van der Waals surface area contributed by atoms with Gasteiger partial charge in [0.05, 0.1) is 0 Å². The Hall–Kier alpha value is 4.16. The van der Waals surface area contributed by atoms with Crippen LogP contribution in [0.4, 0.5) is 0 Å². The van der Waals surface area contributed by atoms with Crippen molar-refractivity contribution in [2.24, 2.45) is 0 Å². The first-order valence-electron chi connectivity index (χ1n) is 1.00. The molecule has 0 saturated heterocycles. The van der Waals surface area contributed by atoms with Gasteiger partial charge in [0, 0.05) is 44.8 Å². The zero-order valence-corrected chi connectivity index (χ0v) is 19.1. The first-order valence-corrected chi connectivity index (χ1v) is 9.00. The molecule has 0 heterocycles. The van der Waals surface area contributed by atoms with E-state index in [9.17, 15) is 0 Å². The smallest absolute Gasteiger partial charge is 0 e. The van der Waals surface area contributed by atoms with E-state index in [0.717, 1.165) is 0 Å². The summed E-state index contributed by atoms with van der Waals surface area (Å²) in [4.78, 5) is 0. The highest BCUT2D eigenvalue weighted by Crippen LogP contribution is 1.86. The van der Waals surface area contributed by atoms with Gasteiger partial charge < -0.3 is 0 Å². The van der Waals surface area contributed by atoms with Crippen molar-refractivity contribution in [3.05, 3.63) is 0 Å². The van der Waals surface area contributed by atoms with E-state index in [-0.39, 0.29) is 46.8 Å². The minimum Gasteiger partial charge on any atom is -0.197 e. The van der Waals surface area contributed by atoms with Crippen LogP contribution in [0.15, 0.2) is 0 Å². The number of hydrogen-bond acceptors (Lipinski definition) is 4. The first-order chi connectivity index (χ1) is 4.00. The molecule has 12 heavy (non-hydrogen) atoms. The fraction of sp³-hybridized carbons (Fsp3) is 0. The Labute approximate surface area is 126 Å². The molecule has 0 radical (unpaired) electrons. The number of hydrogen-bond donors (Lipinski definition) is 0. The van der Waals surface area contributed by atoms with E-state index >= 15 is 0 Å². The summed E-state index contributed by atoms with van der Waals surface area (Å²) in [6.45, 7) is 0. The Balaban J connectivity index is -0.00000000267. The minimum absolute atomic E-state index is 0. The topological polar surface area (TPSA) is 0 Å². The van der Waals surface area contributed by atoms with Gasteiger partial charge in [0.1, 0.15) is 0 Å². The summed E-state index contributed by atoms with van der Waals surface area (Å²) in [5.41, 5.74) is 0. The van der Waals surface area contributed by atoms with Gasteiger partial charge in [-0.05, 0) is 0 Å². The molecular formula is H18P6S6. The highest BCUT2D eigenvalue weighted by molar-refractivity contribution is 8.07. The lowest BCUT2D eigenvalue weighted by molar-refractivity contribution is 5.92. The maximum absolute atomic E-state index is 3.67. The van der Waals surface area contributed by atoms with Crippen molar-refractivity contribution in [1.82, 2.24) is 0 Å². The SMILES string of the molecule is P.P.PP.PP.S.S.S=S.S=S. The summed E-state index contributed by atoms with van der Waals surface area (Å²) in [6, 6.07) is 0. The van der Waals surface area contributed by atoms with Gasteiger partial charge in [-0.1, -0.05) is 0 Å². The second-order valence-corrected chi connectivity index (χ2v) is 0. The average Bonchev–Trinajstić information content (AvgIpc) is 2.03. The monoisotopic (exact) mass is 396 g/mol. The van der Waals surface area contributed by atoms with Crippen LogP contribution in [-0.2, 0) is 44.8 Å². The Kier molecular flexibility index (Phi) is 816. The van der Waals surface area contributed by atoms with Gasteiger partial charge in [-0.2, -0.15) is 46.8 Å². The molecule has 0 amide bonds. The van der Waals surface area contributed by atoms with Crippen LogP contribution in [0.2, 0.25) is 0 Å². The van der Waals surface area contributed by atoms with Crippen LogP contribution in [0.5, 0.6) is 0 Å². The molecular weight excluding hydrogens is 378 g/mol. The fourth-order valence-corrected chi connectivity index (χ4v) is 0. The minimum atomic E-state index is 0. The molecule has 6 unspecified atom stereocenters. The standard InChI is InChI=1S/2H4P2.2H3P.2S2.2H2S/c2*1-2;;;2*1-2;;/h2*1-2H2;2*1H3;;;2*1H2. The molecule has 0 aliphatic heterocycles. The van der Waals surface area contributed by atoms with Crippen molar-refractivity contribution in [1.29, 1.82) is 0 Å². The van der Waals surface area contributed by atoms with Crippen LogP contribution in [0.1, 0.15) is 0 Å². The zero-order valence-electron chi connectivity index (χ0n) is 6.36. The molecule has 0 aromatic heterocycles. The molecule has 0 aliphatic carbocycles. The summed E-state index contributed by atoms with van der Waals surface area (Å²) in [5.74, 6) is 0. The Morgan fingerprint density at radius 3 is 0.500 bits per heavy atom. The van der Waals surface area contributed by atoms with Crippen LogP contribution >= 0.6 is 82.5 Å². The maximum atomic E-state index is 3.67. The van der Waals surface area contributed by atoms with Crippen molar-refractivity contribution in [3.8, 4) is 0 Å². The van der Waals surface area contributed by atoms with Crippen molar-refractivity contribution in [2.75, 3.05) is 0 Å². The predicted molar refractivity (Wildman–Crippen MR) is 111 cm³/mol. The Morgan fingerprint density at radius 2 is 0.500 bits per heavy atom. The molecule has 0 aromatic carbocycles. The van der Waals surface area contributed by atoms with Gasteiger partial charge in [0.15, 0.2) is 0 Å². The fourth-order valence-electron chi connectivity index (χ4n) is 0. The molecule has 84 valence electrons. The third-order valence-corrected chi connectivity index (χ3v) is 0. The third-order valence-electron chi connectivity index (χ3n) is 0. The van der Waals surface area contributed by atoms with Crippen LogP contribution in [0.25, 0.3) is 0 Å². The van der Waals surface area contributed by atoms with E-state index in [1.165, 1.54) is 0 Å². The molecule has 0 spiro atoms. The van der Waals surface area contributed by atoms with Gasteiger partial charge >= 0.3 is 0 Å². The molecule has 0 fully saturated rings. The largest absolute Gasteiger partial charge is 0.197 e. The van der Waals surface area contributed by atoms with Crippen molar-refractivity contribution < 1.29 is 0 Å². The summed E-state index contributed by atoms with van der Waals surface area (Å²) >= 11 is 14.7. The van der Waals surface area contributed by atoms with Gasteiger partial charge in [0.2, 0.25) is 0 Å². The first kappa shape index (κ1) is 55.8. The highest BCUT2D eigenvalue weighted by Gasteiger charge is 0.884. The number of rotatable bonds is 0. The molecule has 0 saturated carbocycles. The summed E-state index contributed by atoms with van der Waals surface area (Å²) in [6.07, 6.45) is 0. The molecule has 6 atom stereocenters. The van der Waals surface area contributed by atoms with Crippen molar-refractivity contribution in [3.63, 3.8) is 0 Å². The zero-order chi connectivity index (χ0) is 8.00. The average molecular weight is 396 g/mol. The van der Waals surface area contributed by atoms with E-state index in [1.54, 1.807) is 0 Å². The molecule has 0 bridgehead atoms. The molecule has 0 aliphatic rings. The molecule has 12 heteroatoms. The maximum Gasteiger partial charge on any atom is 0 e. The second kappa shape index (κ2) is 176. The normalized spacial score (nSPS) is 1.67. The highest BCUT2D eigenvalue weighted by atomic mass is 32.8. The van der Waals surface area contributed by atoms with Crippen LogP contribution in [-0.4, -0.2) is 0 Å². The van der Waals surface area contributed by atoms with Gasteiger partial charge in [-0.15, -0.1) is 35.7 Å². The van der Waals surface area contributed by atoms with Gasteiger partial charge in [0.25, 0.3) is 0 Å². The van der Waals surface area contributed by atoms with E-state index in [0.29, 0.717) is 0 Å². The van der Waals surface area contributed by atoms with Crippen molar-refractivity contribution >= 4 is 127 Å². The molecule has 0 N–H and O–H groups in total. The predicted octanol–water partition coefficient (Wildman–Crippen LogP) is 1.64. The Morgan fingerprint density at radius 1 is 0.500 bits per heavy atom. The van der Waals surface area contributed by atoms with Gasteiger partial charge in [-0.3, -0.25) is 0 Å². The summed E-state index contributed by atoms with van der Waals surface area (Å²) in [5, 5.41) is 0. The molecule has 0 nitrogen and oxygen atoms in total. The lowest BCUT2D eigenvalue weighted by atomic mass is 30.0. The lowest BCUT2D eigenvalue weighted by Gasteiger charge is -1.12. The van der Waals surface area contributed by atoms with E-state index in [4.69, 9.17) is 0 Å². The van der Waals surface area contributed by atoms with Crippen molar-refractivity contribution in [2.45, 2.75) is 0 Å². The summed E-state index contributed by atoms with van der Waals surface area (Å²) in [7, 11) is 9.33. The van der Waals surface area contributed by atoms with E-state index in [2.05, 4.69) is 80.5 Å². The van der Waals surface area contributed by atoms with Crippen LogP contribution in [0, 0.1) is 0 Å². The van der Waals surface area contributed by atoms with E-state index < -0.39 is 0 Å². The second-order valence-electron chi connectivity index (χ2n) is 0. The van der Waals surface area contributed by atoms with Crippen LogP contribution in [0.3, 0.4) is 0 Å². The summed E-state index contributed by atoms with van der Waals surface area (Å²) < 4.78 is 0. The molecule has 0 aromatic rings. The van der Waals surface area contributed by atoms with E-state index in [1.807, 2.05) is 0 Å². The third kappa shape index (κ3) is 142. The quantitative estimate of drug-likeness (QED) is 0.571. The Bertz CT molecular complexity index is 14.0. The lowest BCUT2D eigenvalue weighted by Crippen LogP contribution is -0.710. The van der Waals surface area contributed by atoms with Crippen LogP contribution < -0.4 is 0 Å².